The van der Waals surface area contributed by atoms with Gasteiger partial charge < -0.3 is 10.6 Å². The van der Waals surface area contributed by atoms with Crippen molar-refractivity contribution >= 4 is 28.8 Å². The summed E-state index contributed by atoms with van der Waals surface area (Å²) >= 11 is 1.58. The van der Waals surface area contributed by atoms with Gasteiger partial charge in [0.05, 0.1) is 12.5 Å². The molecular formula is C16H15FN2O2S. The van der Waals surface area contributed by atoms with Crippen LogP contribution in [-0.4, -0.2) is 11.8 Å². The zero-order valence-electron chi connectivity index (χ0n) is 12.0. The van der Waals surface area contributed by atoms with Crippen LogP contribution in [0.2, 0.25) is 0 Å². The second-order valence-corrected chi connectivity index (χ2v) is 6.28. The van der Waals surface area contributed by atoms with Crippen molar-refractivity contribution in [2.75, 3.05) is 5.32 Å². The molecule has 2 heterocycles. The van der Waals surface area contributed by atoms with Crippen molar-refractivity contribution in [2.24, 2.45) is 0 Å². The third-order valence-corrected chi connectivity index (χ3v) is 4.79. The summed E-state index contributed by atoms with van der Waals surface area (Å²) in [6.45, 7) is 2.43. The Morgan fingerprint density at radius 1 is 1.45 bits per heavy atom. The number of anilines is 1. The Balaban J connectivity index is 1.78. The summed E-state index contributed by atoms with van der Waals surface area (Å²) in [5.41, 5.74) is 2.17. The van der Waals surface area contributed by atoms with Gasteiger partial charge in [-0.2, -0.15) is 0 Å². The minimum Gasteiger partial charge on any atom is -0.351 e. The number of carbonyl (C=O) groups is 2. The number of carbonyl (C=O) groups excluding carboxylic acids is 2. The number of aryl methyl sites for hydroxylation is 1. The number of hydrogen-bond donors (Lipinski definition) is 2. The predicted molar refractivity (Wildman–Crippen MR) is 83.3 cm³/mol. The van der Waals surface area contributed by atoms with Gasteiger partial charge in [0.2, 0.25) is 11.8 Å². The standard InChI is InChI=1S/C16H15FN2O2S/c1-9-4-5-22-14(9)8-18-16(21)12-7-15(20)19-13-6-10(17)2-3-11(12)13/h2-6,12H,7-8H2,1H3,(H,18,21)(H,19,20). The van der Waals surface area contributed by atoms with Gasteiger partial charge in [-0.25, -0.2) is 4.39 Å². The molecule has 114 valence electrons. The molecule has 0 fully saturated rings. The van der Waals surface area contributed by atoms with Gasteiger partial charge in [-0.15, -0.1) is 11.3 Å². The molecule has 1 atom stereocenters. The van der Waals surface area contributed by atoms with Crippen LogP contribution in [0, 0.1) is 12.7 Å². The fraction of sp³-hybridized carbons (Fsp3) is 0.250. The van der Waals surface area contributed by atoms with E-state index in [0.29, 0.717) is 17.8 Å². The minimum absolute atomic E-state index is 0.0773. The van der Waals surface area contributed by atoms with Crippen molar-refractivity contribution in [1.82, 2.24) is 5.32 Å². The average molecular weight is 318 g/mol. The molecule has 2 amide bonds. The molecule has 1 aliphatic heterocycles. The van der Waals surface area contributed by atoms with Gasteiger partial charge in [-0.05, 0) is 41.6 Å². The number of thiophene rings is 1. The third kappa shape index (κ3) is 2.87. The van der Waals surface area contributed by atoms with E-state index in [-0.39, 0.29) is 18.2 Å². The molecule has 1 unspecified atom stereocenters. The van der Waals surface area contributed by atoms with E-state index in [4.69, 9.17) is 0 Å². The van der Waals surface area contributed by atoms with E-state index in [1.165, 1.54) is 12.1 Å². The zero-order valence-corrected chi connectivity index (χ0v) is 12.8. The summed E-state index contributed by atoms with van der Waals surface area (Å²) in [6.07, 6.45) is 0.0773. The zero-order chi connectivity index (χ0) is 15.7. The number of fused-ring (bicyclic) bond motifs is 1. The lowest BCUT2D eigenvalue weighted by Crippen LogP contribution is -2.34. The van der Waals surface area contributed by atoms with Crippen LogP contribution in [0.4, 0.5) is 10.1 Å². The number of nitrogens with one attached hydrogen (secondary N) is 2. The summed E-state index contributed by atoms with van der Waals surface area (Å²) < 4.78 is 13.3. The van der Waals surface area contributed by atoms with Crippen LogP contribution in [-0.2, 0) is 16.1 Å². The second kappa shape index (κ2) is 5.88. The Hall–Kier alpha value is -2.21. The molecule has 3 rings (SSSR count). The molecule has 0 saturated carbocycles. The van der Waals surface area contributed by atoms with E-state index in [2.05, 4.69) is 10.6 Å². The van der Waals surface area contributed by atoms with E-state index in [9.17, 15) is 14.0 Å². The van der Waals surface area contributed by atoms with Crippen LogP contribution in [0.25, 0.3) is 0 Å². The van der Waals surface area contributed by atoms with Crippen LogP contribution in [0.1, 0.15) is 28.3 Å². The van der Waals surface area contributed by atoms with Crippen molar-refractivity contribution in [3.05, 3.63) is 51.5 Å². The number of amides is 2. The SMILES string of the molecule is Cc1ccsc1CNC(=O)C1CC(=O)Nc2cc(F)ccc21. The van der Waals surface area contributed by atoms with E-state index < -0.39 is 11.7 Å². The van der Waals surface area contributed by atoms with Crippen LogP contribution >= 0.6 is 11.3 Å². The first-order valence-corrected chi connectivity index (χ1v) is 7.82. The molecule has 1 aliphatic rings. The maximum atomic E-state index is 13.3. The van der Waals surface area contributed by atoms with E-state index in [1.54, 1.807) is 17.4 Å². The minimum atomic E-state index is -0.579. The van der Waals surface area contributed by atoms with Crippen molar-refractivity contribution < 1.29 is 14.0 Å². The second-order valence-electron chi connectivity index (χ2n) is 5.28. The molecule has 4 nitrogen and oxygen atoms in total. The van der Waals surface area contributed by atoms with Gasteiger partial charge in [0.1, 0.15) is 5.82 Å². The van der Waals surface area contributed by atoms with Gasteiger partial charge in [0, 0.05) is 17.0 Å². The van der Waals surface area contributed by atoms with Gasteiger partial charge in [0.25, 0.3) is 0 Å². The number of benzene rings is 1. The number of halogens is 1. The molecule has 22 heavy (non-hydrogen) atoms. The van der Waals surface area contributed by atoms with Crippen LogP contribution in [0.3, 0.4) is 0 Å². The van der Waals surface area contributed by atoms with Crippen molar-refractivity contribution in [3.8, 4) is 0 Å². The molecule has 2 N–H and O–H groups in total. The molecule has 1 aromatic heterocycles. The molecular weight excluding hydrogens is 303 g/mol. The molecule has 0 radical (unpaired) electrons. The van der Waals surface area contributed by atoms with Gasteiger partial charge in [0.15, 0.2) is 0 Å². The Kier molecular flexibility index (Phi) is 3.94. The lowest BCUT2D eigenvalue weighted by Gasteiger charge is -2.24. The van der Waals surface area contributed by atoms with Gasteiger partial charge in [-0.3, -0.25) is 9.59 Å². The van der Waals surface area contributed by atoms with E-state index in [0.717, 1.165) is 10.4 Å². The van der Waals surface area contributed by atoms with Crippen molar-refractivity contribution in [1.29, 1.82) is 0 Å². The topological polar surface area (TPSA) is 58.2 Å². The fourth-order valence-corrected chi connectivity index (χ4v) is 3.39. The summed E-state index contributed by atoms with van der Waals surface area (Å²) in [5, 5.41) is 7.45. The summed E-state index contributed by atoms with van der Waals surface area (Å²) in [6, 6.07) is 6.11. The lowest BCUT2D eigenvalue weighted by atomic mass is 9.89. The monoisotopic (exact) mass is 318 g/mol. The highest BCUT2D eigenvalue weighted by Crippen LogP contribution is 2.33. The first-order chi connectivity index (χ1) is 10.5. The molecule has 2 aromatic rings. The number of hydrogen-bond acceptors (Lipinski definition) is 3. The van der Waals surface area contributed by atoms with Crippen molar-refractivity contribution in [3.63, 3.8) is 0 Å². The highest BCUT2D eigenvalue weighted by molar-refractivity contribution is 7.10. The fourth-order valence-electron chi connectivity index (χ4n) is 2.55. The molecule has 0 spiro atoms. The van der Waals surface area contributed by atoms with Gasteiger partial charge >= 0.3 is 0 Å². The van der Waals surface area contributed by atoms with Crippen LogP contribution in [0.15, 0.2) is 29.6 Å². The third-order valence-electron chi connectivity index (χ3n) is 3.76. The summed E-state index contributed by atoms with van der Waals surface area (Å²) in [5.74, 6) is -1.50. The van der Waals surface area contributed by atoms with Gasteiger partial charge in [-0.1, -0.05) is 6.07 Å². The van der Waals surface area contributed by atoms with Crippen LogP contribution < -0.4 is 10.6 Å². The Morgan fingerprint density at radius 2 is 2.27 bits per heavy atom. The lowest BCUT2D eigenvalue weighted by molar-refractivity contribution is -0.126. The largest absolute Gasteiger partial charge is 0.351 e. The van der Waals surface area contributed by atoms with Crippen LogP contribution in [0.5, 0.6) is 0 Å². The molecule has 0 aliphatic carbocycles. The summed E-state index contributed by atoms with van der Waals surface area (Å²) in [4.78, 5) is 25.2. The summed E-state index contributed by atoms with van der Waals surface area (Å²) in [7, 11) is 0. The molecule has 0 bridgehead atoms. The highest BCUT2D eigenvalue weighted by Gasteiger charge is 2.30. The maximum absolute atomic E-state index is 13.3. The Morgan fingerprint density at radius 3 is 3.00 bits per heavy atom. The van der Waals surface area contributed by atoms with Crippen molar-refractivity contribution in [2.45, 2.75) is 25.8 Å². The first kappa shape index (κ1) is 14.7. The Bertz CT molecular complexity index is 741. The molecule has 1 aromatic carbocycles. The number of rotatable bonds is 3. The quantitative estimate of drug-likeness (QED) is 0.914. The molecule has 0 saturated heterocycles. The Labute approximate surface area is 131 Å². The first-order valence-electron chi connectivity index (χ1n) is 6.94. The smallest absolute Gasteiger partial charge is 0.228 e. The van der Waals surface area contributed by atoms with E-state index >= 15 is 0 Å². The normalized spacial score (nSPS) is 16.8. The highest BCUT2D eigenvalue weighted by atomic mass is 32.1. The van der Waals surface area contributed by atoms with E-state index in [1.807, 2.05) is 18.4 Å². The predicted octanol–water partition coefficient (Wildman–Crippen LogP) is 2.94. The maximum Gasteiger partial charge on any atom is 0.228 e. The molecule has 6 heteroatoms. The average Bonchev–Trinajstić information content (AvgIpc) is 2.88.